The summed E-state index contributed by atoms with van der Waals surface area (Å²) >= 11 is 0. The van der Waals surface area contributed by atoms with Gasteiger partial charge in [-0.3, -0.25) is 4.79 Å². The molecule has 0 bridgehead atoms. The van der Waals surface area contributed by atoms with E-state index >= 15 is 0 Å². The quantitative estimate of drug-likeness (QED) is 0.806. The normalized spacial score (nSPS) is 9.88. The van der Waals surface area contributed by atoms with Gasteiger partial charge in [0.2, 0.25) is 0 Å². The Labute approximate surface area is 92.3 Å². The summed E-state index contributed by atoms with van der Waals surface area (Å²) in [4.78, 5) is 21.5. The van der Waals surface area contributed by atoms with Crippen LogP contribution in [-0.2, 0) is 11.2 Å². The van der Waals surface area contributed by atoms with E-state index in [1.165, 1.54) is 19.2 Å². The molecule has 1 aromatic carbocycles. The van der Waals surface area contributed by atoms with E-state index in [1.807, 2.05) is 0 Å². The van der Waals surface area contributed by atoms with Crippen LogP contribution in [0.2, 0.25) is 0 Å². The molecule has 0 aliphatic carbocycles. The van der Waals surface area contributed by atoms with Gasteiger partial charge in [0.25, 0.3) is 0 Å². The molecule has 16 heavy (non-hydrogen) atoms. The third-order valence-corrected chi connectivity index (χ3v) is 2.19. The second-order valence-corrected chi connectivity index (χ2v) is 3.35. The van der Waals surface area contributed by atoms with Crippen LogP contribution in [0, 0.1) is 6.92 Å². The van der Waals surface area contributed by atoms with E-state index in [1.54, 1.807) is 6.92 Å². The van der Waals surface area contributed by atoms with Crippen molar-refractivity contribution in [2.45, 2.75) is 13.3 Å². The summed E-state index contributed by atoms with van der Waals surface area (Å²) in [5, 5.41) is 17.6. The number of carbonyl (C=O) groups is 2. The standard InChI is InChI=1S/C11H12O5/c1-6-3-7(4-10(12)13)8(11(14)15)5-9(6)16-2/h3,5H,4H2,1-2H3,(H,12,13)(H,14,15). The first kappa shape index (κ1) is 12.0. The minimum atomic E-state index is -1.16. The number of methoxy groups -OCH3 is 1. The zero-order chi connectivity index (χ0) is 12.3. The van der Waals surface area contributed by atoms with Gasteiger partial charge in [-0.2, -0.15) is 0 Å². The van der Waals surface area contributed by atoms with Crippen molar-refractivity contribution in [2.75, 3.05) is 7.11 Å². The van der Waals surface area contributed by atoms with E-state index in [-0.39, 0.29) is 17.5 Å². The number of rotatable bonds is 4. The molecule has 0 heterocycles. The lowest BCUT2D eigenvalue weighted by Gasteiger charge is -2.09. The van der Waals surface area contributed by atoms with E-state index in [0.717, 1.165) is 0 Å². The molecule has 0 unspecified atom stereocenters. The van der Waals surface area contributed by atoms with Crippen molar-refractivity contribution in [1.82, 2.24) is 0 Å². The van der Waals surface area contributed by atoms with Gasteiger partial charge in [-0.25, -0.2) is 4.79 Å². The van der Waals surface area contributed by atoms with Gasteiger partial charge in [-0.15, -0.1) is 0 Å². The van der Waals surface area contributed by atoms with Crippen LogP contribution in [0.5, 0.6) is 5.75 Å². The van der Waals surface area contributed by atoms with Crippen molar-refractivity contribution in [3.8, 4) is 5.75 Å². The number of benzene rings is 1. The third-order valence-electron chi connectivity index (χ3n) is 2.19. The maximum atomic E-state index is 10.9. The highest BCUT2D eigenvalue weighted by molar-refractivity contribution is 5.91. The van der Waals surface area contributed by atoms with Gasteiger partial charge in [0, 0.05) is 0 Å². The molecular weight excluding hydrogens is 212 g/mol. The molecule has 0 saturated heterocycles. The Bertz CT molecular complexity index is 436. The van der Waals surface area contributed by atoms with E-state index in [9.17, 15) is 9.59 Å². The number of hydrogen-bond acceptors (Lipinski definition) is 3. The summed E-state index contributed by atoms with van der Waals surface area (Å²) in [5.41, 5.74) is 0.951. The molecule has 0 saturated carbocycles. The number of aryl methyl sites for hydroxylation is 1. The maximum absolute atomic E-state index is 10.9. The highest BCUT2D eigenvalue weighted by Crippen LogP contribution is 2.23. The van der Waals surface area contributed by atoms with E-state index < -0.39 is 11.9 Å². The molecule has 0 spiro atoms. The molecule has 1 rings (SSSR count). The molecule has 2 N–H and O–H groups in total. The molecule has 0 aromatic heterocycles. The van der Waals surface area contributed by atoms with Crippen LogP contribution < -0.4 is 4.74 Å². The predicted molar refractivity (Wildman–Crippen MR) is 56.0 cm³/mol. The first-order valence-corrected chi connectivity index (χ1v) is 4.58. The molecule has 0 radical (unpaired) electrons. The summed E-state index contributed by atoms with van der Waals surface area (Å²) in [6, 6.07) is 2.87. The van der Waals surface area contributed by atoms with Crippen molar-refractivity contribution in [2.24, 2.45) is 0 Å². The molecule has 0 atom stereocenters. The lowest BCUT2D eigenvalue weighted by molar-refractivity contribution is -0.136. The van der Waals surface area contributed by atoms with Crippen LogP contribution >= 0.6 is 0 Å². The fourth-order valence-corrected chi connectivity index (χ4v) is 1.48. The molecule has 0 fully saturated rings. The summed E-state index contributed by atoms with van der Waals surface area (Å²) < 4.78 is 4.99. The second-order valence-electron chi connectivity index (χ2n) is 3.35. The fourth-order valence-electron chi connectivity index (χ4n) is 1.48. The monoisotopic (exact) mass is 224 g/mol. The lowest BCUT2D eigenvalue weighted by Crippen LogP contribution is -2.09. The number of ether oxygens (including phenoxy) is 1. The minimum Gasteiger partial charge on any atom is -0.496 e. The highest BCUT2D eigenvalue weighted by Gasteiger charge is 2.15. The topological polar surface area (TPSA) is 83.8 Å². The van der Waals surface area contributed by atoms with Crippen molar-refractivity contribution < 1.29 is 24.5 Å². The number of aliphatic carboxylic acids is 1. The number of carboxylic acids is 2. The molecule has 5 heteroatoms. The summed E-state index contributed by atoms with van der Waals surface area (Å²) in [6.07, 6.45) is -0.313. The zero-order valence-corrected chi connectivity index (χ0v) is 8.98. The highest BCUT2D eigenvalue weighted by atomic mass is 16.5. The number of carboxylic acid groups (broad SMARTS) is 2. The Kier molecular flexibility index (Phi) is 3.50. The minimum absolute atomic E-state index is 0.0372. The maximum Gasteiger partial charge on any atom is 0.336 e. The number of hydrogen-bond donors (Lipinski definition) is 2. The SMILES string of the molecule is COc1cc(C(=O)O)c(CC(=O)O)cc1C. The largest absolute Gasteiger partial charge is 0.496 e. The van der Waals surface area contributed by atoms with Crippen molar-refractivity contribution in [3.05, 3.63) is 28.8 Å². The van der Waals surface area contributed by atoms with Crippen molar-refractivity contribution >= 4 is 11.9 Å². The van der Waals surface area contributed by atoms with Crippen molar-refractivity contribution in [1.29, 1.82) is 0 Å². The van der Waals surface area contributed by atoms with Crippen LogP contribution in [0.3, 0.4) is 0 Å². The summed E-state index contributed by atoms with van der Waals surface area (Å²) in [6.45, 7) is 1.73. The smallest absolute Gasteiger partial charge is 0.336 e. The predicted octanol–water partition coefficient (Wildman–Crippen LogP) is 1.33. The molecule has 5 nitrogen and oxygen atoms in total. The van der Waals surface area contributed by atoms with Crippen LogP contribution in [0.15, 0.2) is 12.1 Å². The first-order valence-electron chi connectivity index (χ1n) is 4.58. The molecule has 86 valence electrons. The van der Waals surface area contributed by atoms with Crippen LogP contribution in [0.4, 0.5) is 0 Å². The average molecular weight is 224 g/mol. The Morgan fingerprint density at radius 1 is 1.31 bits per heavy atom. The Morgan fingerprint density at radius 3 is 2.38 bits per heavy atom. The summed E-state index contributed by atoms with van der Waals surface area (Å²) in [7, 11) is 1.44. The number of aromatic carboxylic acids is 1. The lowest BCUT2D eigenvalue weighted by atomic mass is 10.0. The van der Waals surface area contributed by atoms with Gasteiger partial charge >= 0.3 is 11.9 Å². The fraction of sp³-hybridized carbons (Fsp3) is 0.273. The van der Waals surface area contributed by atoms with Crippen LogP contribution in [0.25, 0.3) is 0 Å². The van der Waals surface area contributed by atoms with Gasteiger partial charge in [0.1, 0.15) is 5.75 Å². The van der Waals surface area contributed by atoms with E-state index in [4.69, 9.17) is 14.9 Å². The van der Waals surface area contributed by atoms with Gasteiger partial charge in [0.15, 0.2) is 0 Å². The Morgan fingerprint density at radius 2 is 1.94 bits per heavy atom. The van der Waals surface area contributed by atoms with Gasteiger partial charge in [-0.05, 0) is 24.1 Å². The average Bonchev–Trinajstić information content (AvgIpc) is 2.16. The Balaban J connectivity index is 3.30. The molecular formula is C11H12O5. The van der Waals surface area contributed by atoms with Crippen molar-refractivity contribution in [3.63, 3.8) is 0 Å². The second kappa shape index (κ2) is 4.65. The van der Waals surface area contributed by atoms with E-state index in [0.29, 0.717) is 11.3 Å². The van der Waals surface area contributed by atoms with E-state index in [2.05, 4.69) is 0 Å². The van der Waals surface area contributed by atoms with Gasteiger partial charge in [0.05, 0.1) is 19.1 Å². The molecule has 0 amide bonds. The first-order chi connectivity index (χ1) is 7.45. The molecule has 0 aliphatic heterocycles. The third kappa shape index (κ3) is 2.50. The van der Waals surface area contributed by atoms with Gasteiger partial charge < -0.3 is 14.9 Å². The van der Waals surface area contributed by atoms with Gasteiger partial charge in [-0.1, -0.05) is 6.07 Å². The zero-order valence-electron chi connectivity index (χ0n) is 8.98. The Hall–Kier alpha value is -2.04. The molecule has 0 aliphatic rings. The molecule has 1 aromatic rings. The summed E-state index contributed by atoms with van der Waals surface area (Å²) in [5.74, 6) is -1.78. The van der Waals surface area contributed by atoms with Crippen LogP contribution in [-0.4, -0.2) is 29.3 Å². The van der Waals surface area contributed by atoms with Crippen LogP contribution in [0.1, 0.15) is 21.5 Å².